The second-order valence-electron chi connectivity index (χ2n) is 18.2. The molecule has 0 heterocycles. The molecule has 0 radical (unpaired) electrons. The Kier molecular flexibility index (Phi) is 54.5. The molecule has 68 heavy (non-hydrogen) atoms. The lowest BCUT2D eigenvalue weighted by molar-refractivity contribution is -0.161. The van der Waals surface area contributed by atoms with Gasteiger partial charge in [-0.3, -0.25) is 9.59 Å². The second-order valence-corrected chi connectivity index (χ2v) is 18.2. The molecule has 0 bridgehead atoms. The summed E-state index contributed by atoms with van der Waals surface area (Å²) in [6.45, 7) is 3.89. The average Bonchev–Trinajstić information content (AvgIpc) is 3.34. The van der Waals surface area contributed by atoms with Crippen molar-refractivity contribution in [2.45, 2.75) is 251 Å². The van der Waals surface area contributed by atoms with Gasteiger partial charge in [0.25, 0.3) is 0 Å². The Morgan fingerprint density at radius 3 is 0.897 bits per heavy atom. The van der Waals surface area contributed by atoms with Crippen LogP contribution >= 0.6 is 0 Å². The van der Waals surface area contributed by atoms with Crippen LogP contribution in [-0.4, -0.2) is 36.4 Å². The van der Waals surface area contributed by atoms with Gasteiger partial charge in [0.1, 0.15) is 6.61 Å². The van der Waals surface area contributed by atoms with Crippen LogP contribution in [0.25, 0.3) is 0 Å². The molecule has 386 valence electrons. The molecule has 1 N–H and O–H groups in total. The molecule has 0 fully saturated rings. The lowest BCUT2D eigenvalue weighted by Crippen LogP contribution is -2.28. The predicted octanol–water partition coefficient (Wildman–Crippen LogP) is 19.1. The Bertz CT molecular complexity index is 1390. The SMILES string of the molecule is CC/C=C\C/C=C\C/C=C\C/C=C\C/C=C\CCCCCCCCCCCCCCCCCCCCCC(=O)OC(CO)COC(=O)CCCCC/C=C\C/C=C\C/C=C\C/C=C\C/C=C\CC. The zero-order chi connectivity index (χ0) is 49.2. The van der Waals surface area contributed by atoms with Gasteiger partial charge >= 0.3 is 11.9 Å². The van der Waals surface area contributed by atoms with Crippen LogP contribution in [0.1, 0.15) is 245 Å². The van der Waals surface area contributed by atoms with Crippen LogP contribution < -0.4 is 0 Å². The number of carbonyl (C=O) groups excluding carboxylic acids is 2. The van der Waals surface area contributed by atoms with Gasteiger partial charge in [-0.1, -0.05) is 251 Å². The third-order valence-electron chi connectivity index (χ3n) is 11.8. The minimum absolute atomic E-state index is 0.0875. The summed E-state index contributed by atoms with van der Waals surface area (Å²) < 4.78 is 10.7. The van der Waals surface area contributed by atoms with Gasteiger partial charge in [-0.05, 0) is 103 Å². The number of rotatable bonds is 50. The second kappa shape index (κ2) is 57.6. The molecule has 0 aliphatic heterocycles. The van der Waals surface area contributed by atoms with Gasteiger partial charge in [0.15, 0.2) is 6.10 Å². The first-order valence-electron chi connectivity index (χ1n) is 28.1. The van der Waals surface area contributed by atoms with E-state index in [4.69, 9.17) is 9.47 Å². The topological polar surface area (TPSA) is 72.8 Å². The van der Waals surface area contributed by atoms with E-state index >= 15 is 0 Å². The fourth-order valence-electron chi connectivity index (χ4n) is 7.61. The van der Waals surface area contributed by atoms with E-state index in [1.165, 1.54) is 109 Å². The number of aliphatic hydroxyl groups excluding tert-OH is 1. The van der Waals surface area contributed by atoms with Crippen LogP contribution in [0.3, 0.4) is 0 Å². The molecule has 0 aromatic rings. The van der Waals surface area contributed by atoms with E-state index in [-0.39, 0.29) is 25.2 Å². The molecule has 0 saturated carbocycles. The minimum Gasteiger partial charge on any atom is -0.462 e. The molecule has 0 aliphatic rings. The number of allylic oxidation sites excluding steroid dienone is 20. The maximum absolute atomic E-state index is 12.3. The number of carbonyl (C=O) groups is 2. The molecular weight excluding hydrogens is 837 g/mol. The average molecular weight is 942 g/mol. The van der Waals surface area contributed by atoms with Gasteiger partial charge in [-0.25, -0.2) is 0 Å². The fraction of sp³-hybridized carbons (Fsp3) is 0.651. The molecule has 0 saturated heterocycles. The number of aliphatic hydroxyl groups is 1. The van der Waals surface area contributed by atoms with E-state index < -0.39 is 6.10 Å². The van der Waals surface area contributed by atoms with Gasteiger partial charge in [-0.15, -0.1) is 0 Å². The Morgan fingerprint density at radius 1 is 0.338 bits per heavy atom. The molecule has 0 aliphatic carbocycles. The summed E-state index contributed by atoms with van der Waals surface area (Å²) in [6, 6.07) is 0. The van der Waals surface area contributed by atoms with Crippen molar-refractivity contribution >= 4 is 11.9 Å². The zero-order valence-corrected chi connectivity index (χ0v) is 44.1. The summed E-state index contributed by atoms with van der Waals surface area (Å²) in [5.74, 6) is -0.629. The third kappa shape index (κ3) is 54.9. The summed E-state index contributed by atoms with van der Waals surface area (Å²) in [5, 5.41) is 9.64. The van der Waals surface area contributed by atoms with Crippen molar-refractivity contribution < 1.29 is 24.2 Å². The van der Waals surface area contributed by atoms with E-state index in [1.807, 2.05) is 0 Å². The highest BCUT2D eigenvalue weighted by Crippen LogP contribution is 2.16. The van der Waals surface area contributed by atoms with Gasteiger partial charge < -0.3 is 14.6 Å². The van der Waals surface area contributed by atoms with Crippen LogP contribution in [0.4, 0.5) is 0 Å². The highest BCUT2D eigenvalue weighted by atomic mass is 16.6. The predicted molar refractivity (Wildman–Crippen MR) is 297 cm³/mol. The quantitative estimate of drug-likeness (QED) is 0.0374. The van der Waals surface area contributed by atoms with Crippen LogP contribution in [-0.2, 0) is 19.1 Å². The van der Waals surface area contributed by atoms with Crippen molar-refractivity contribution in [3.63, 3.8) is 0 Å². The number of esters is 2. The Labute approximate surface area is 420 Å². The monoisotopic (exact) mass is 941 g/mol. The van der Waals surface area contributed by atoms with Crippen LogP contribution in [0, 0.1) is 0 Å². The first-order valence-corrected chi connectivity index (χ1v) is 28.1. The molecular formula is C63H104O5. The van der Waals surface area contributed by atoms with E-state index in [0.717, 1.165) is 109 Å². The summed E-state index contributed by atoms with van der Waals surface area (Å²) >= 11 is 0. The maximum atomic E-state index is 12.3. The van der Waals surface area contributed by atoms with Crippen molar-refractivity contribution in [3.8, 4) is 0 Å². The number of ether oxygens (including phenoxy) is 2. The lowest BCUT2D eigenvalue weighted by Gasteiger charge is -2.15. The maximum Gasteiger partial charge on any atom is 0.306 e. The van der Waals surface area contributed by atoms with Gasteiger partial charge in [0, 0.05) is 12.8 Å². The number of hydrogen-bond donors (Lipinski definition) is 1. The molecule has 0 aromatic heterocycles. The van der Waals surface area contributed by atoms with Crippen molar-refractivity contribution in [2.24, 2.45) is 0 Å². The van der Waals surface area contributed by atoms with Crippen molar-refractivity contribution in [1.29, 1.82) is 0 Å². The molecule has 5 nitrogen and oxygen atoms in total. The Morgan fingerprint density at radius 2 is 0.588 bits per heavy atom. The van der Waals surface area contributed by atoms with E-state index in [1.54, 1.807) is 0 Å². The molecule has 0 amide bonds. The normalized spacial score (nSPS) is 13.2. The molecule has 0 rings (SSSR count). The third-order valence-corrected chi connectivity index (χ3v) is 11.8. The smallest absolute Gasteiger partial charge is 0.306 e. The van der Waals surface area contributed by atoms with Crippen LogP contribution in [0.15, 0.2) is 122 Å². The van der Waals surface area contributed by atoms with E-state index in [2.05, 4.69) is 135 Å². The van der Waals surface area contributed by atoms with Crippen LogP contribution in [0.5, 0.6) is 0 Å². The first-order chi connectivity index (χ1) is 33.6. The number of hydrogen-bond acceptors (Lipinski definition) is 5. The first kappa shape index (κ1) is 64.3. The molecule has 1 atom stereocenters. The van der Waals surface area contributed by atoms with Crippen molar-refractivity contribution in [1.82, 2.24) is 0 Å². The number of unbranched alkanes of at least 4 members (excludes halogenated alkanes) is 22. The summed E-state index contributed by atoms with van der Waals surface area (Å²) in [5.41, 5.74) is 0. The molecule has 1 unspecified atom stereocenters. The van der Waals surface area contributed by atoms with E-state index in [9.17, 15) is 14.7 Å². The van der Waals surface area contributed by atoms with Gasteiger partial charge in [0.2, 0.25) is 0 Å². The highest BCUT2D eigenvalue weighted by molar-refractivity contribution is 5.70. The standard InChI is InChI=1S/C63H104O5/c1-3-5-7-9-11-13-15-17-19-21-23-24-25-26-27-28-29-30-31-32-33-34-35-36-37-38-40-42-44-46-48-50-52-54-56-58-63(66)68-61(59-64)60-67-62(65)57-55-53-51-49-47-45-43-41-39-22-20-18-16-14-12-10-8-6-4-2/h5-8,11-14,17-20,23-24,26-27,39,41,45,47,61,64H,3-4,9-10,15-16,21-22,25,28-38,40,42-44,46,48-60H2,1-2H3/b7-5-,8-6-,13-11-,14-12-,19-17-,20-18-,24-23-,27-26-,41-39-,47-45-. The molecule has 5 heteroatoms. The summed E-state index contributed by atoms with van der Waals surface area (Å²) in [7, 11) is 0. The molecule has 0 aromatic carbocycles. The zero-order valence-electron chi connectivity index (χ0n) is 44.1. The highest BCUT2D eigenvalue weighted by Gasteiger charge is 2.16. The molecule has 0 spiro atoms. The van der Waals surface area contributed by atoms with E-state index in [0.29, 0.717) is 12.8 Å². The van der Waals surface area contributed by atoms with Crippen molar-refractivity contribution in [2.75, 3.05) is 13.2 Å². The van der Waals surface area contributed by atoms with Gasteiger partial charge in [-0.2, -0.15) is 0 Å². The fourth-order valence-corrected chi connectivity index (χ4v) is 7.61. The Hall–Kier alpha value is -3.70. The van der Waals surface area contributed by atoms with Gasteiger partial charge in [0.05, 0.1) is 6.61 Å². The Balaban J connectivity index is 3.51. The summed E-state index contributed by atoms with van der Waals surface area (Å²) in [6.07, 6.45) is 84.6. The lowest BCUT2D eigenvalue weighted by atomic mass is 10.0. The largest absolute Gasteiger partial charge is 0.462 e. The van der Waals surface area contributed by atoms with Crippen LogP contribution in [0.2, 0.25) is 0 Å². The van der Waals surface area contributed by atoms with Crippen molar-refractivity contribution in [3.05, 3.63) is 122 Å². The summed E-state index contributed by atoms with van der Waals surface area (Å²) in [4.78, 5) is 24.5. The minimum atomic E-state index is -0.793.